The van der Waals surface area contributed by atoms with Crippen molar-refractivity contribution in [2.75, 3.05) is 39.0 Å². The first kappa shape index (κ1) is 19.0. The van der Waals surface area contributed by atoms with Gasteiger partial charge in [0.05, 0.1) is 0 Å². The average molecular weight is 383 g/mol. The quantitative estimate of drug-likeness (QED) is 0.836. The number of likely N-dealkylation sites (tertiary alicyclic amines) is 1. The summed E-state index contributed by atoms with van der Waals surface area (Å²) < 4.78 is 2.24. The number of anilines is 1. The zero-order valence-electron chi connectivity index (χ0n) is 16.9. The Labute approximate surface area is 166 Å². The number of aromatic nitrogens is 1. The smallest absolute Gasteiger partial charge is 0.227 e. The van der Waals surface area contributed by atoms with Crippen LogP contribution in [0.1, 0.15) is 25.7 Å². The van der Waals surface area contributed by atoms with Gasteiger partial charge in [-0.1, -0.05) is 0 Å². The Bertz CT molecular complexity index is 861. The van der Waals surface area contributed by atoms with Crippen LogP contribution in [0.2, 0.25) is 0 Å². The summed E-state index contributed by atoms with van der Waals surface area (Å²) in [6.07, 6.45) is 5.70. The second kappa shape index (κ2) is 7.95. The minimum Gasteiger partial charge on any atom is -0.346 e. The number of benzene rings is 1. The molecule has 1 aromatic carbocycles. The molecule has 28 heavy (non-hydrogen) atoms. The maximum absolute atomic E-state index is 12.7. The Hall–Kier alpha value is -2.34. The molecule has 4 rings (SSSR count). The number of piperidine rings is 1. The molecule has 2 heterocycles. The number of fused-ring (bicyclic) bond motifs is 1. The van der Waals surface area contributed by atoms with E-state index in [0.29, 0.717) is 19.0 Å². The summed E-state index contributed by atoms with van der Waals surface area (Å²) in [7, 11) is 4.15. The van der Waals surface area contributed by atoms with Crippen LogP contribution in [0.25, 0.3) is 10.9 Å². The lowest BCUT2D eigenvalue weighted by molar-refractivity contribution is -0.135. The summed E-state index contributed by atoms with van der Waals surface area (Å²) >= 11 is 0. The van der Waals surface area contributed by atoms with Gasteiger partial charge in [0.2, 0.25) is 11.8 Å². The van der Waals surface area contributed by atoms with Gasteiger partial charge < -0.3 is 19.7 Å². The summed E-state index contributed by atoms with van der Waals surface area (Å²) in [6, 6.07) is 8.21. The van der Waals surface area contributed by atoms with Gasteiger partial charge in [0.25, 0.3) is 0 Å². The zero-order valence-corrected chi connectivity index (χ0v) is 16.9. The van der Waals surface area contributed by atoms with Gasteiger partial charge in [-0.15, -0.1) is 0 Å². The van der Waals surface area contributed by atoms with Crippen LogP contribution in [-0.2, 0) is 16.1 Å². The highest BCUT2D eigenvalue weighted by Crippen LogP contribution is 2.32. The Kier molecular flexibility index (Phi) is 5.40. The van der Waals surface area contributed by atoms with Gasteiger partial charge in [-0.3, -0.25) is 9.59 Å². The van der Waals surface area contributed by atoms with Crippen LogP contribution in [-0.4, -0.2) is 59.9 Å². The molecule has 0 atom stereocenters. The highest BCUT2D eigenvalue weighted by Gasteiger charge is 2.35. The highest BCUT2D eigenvalue weighted by atomic mass is 16.2. The molecule has 1 N–H and O–H groups in total. The summed E-state index contributed by atoms with van der Waals surface area (Å²) in [4.78, 5) is 29.0. The largest absolute Gasteiger partial charge is 0.346 e. The van der Waals surface area contributed by atoms with Gasteiger partial charge in [-0.25, -0.2) is 0 Å². The van der Waals surface area contributed by atoms with Gasteiger partial charge in [-0.05, 0) is 64.0 Å². The molecular formula is C22H30N4O2. The number of rotatable bonds is 6. The van der Waals surface area contributed by atoms with E-state index in [9.17, 15) is 9.59 Å². The fraction of sp³-hybridized carbons (Fsp3) is 0.545. The monoisotopic (exact) mass is 382 g/mol. The highest BCUT2D eigenvalue weighted by molar-refractivity contribution is 5.95. The van der Waals surface area contributed by atoms with E-state index in [1.165, 1.54) is 5.52 Å². The first-order valence-corrected chi connectivity index (χ1v) is 10.3. The minimum absolute atomic E-state index is 0.0105. The van der Waals surface area contributed by atoms with Crippen molar-refractivity contribution in [3.05, 3.63) is 30.5 Å². The minimum atomic E-state index is -0.0105. The summed E-state index contributed by atoms with van der Waals surface area (Å²) in [5.74, 6) is 0.624. The van der Waals surface area contributed by atoms with E-state index < -0.39 is 0 Å². The van der Waals surface area contributed by atoms with Crippen molar-refractivity contribution < 1.29 is 9.59 Å². The van der Waals surface area contributed by atoms with Crippen LogP contribution < -0.4 is 5.32 Å². The van der Waals surface area contributed by atoms with Crippen LogP contribution in [0.5, 0.6) is 0 Å². The van der Waals surface area contributed by atoms with E-state index in [4.69, 9.17) is 0 Å². The van der Waals surface area contributed by atoms with E-state index >= 15 is 0 Å². The molecule has 0 radical (unpaired) electrons. The second-order valence-electron chi connectivity index (χ2n) is 8.45. The fourth-order valence-corrected chi connectivity index (χ4v) is 3.98. The normalized spacial score (nSPS) is 18.0. The molecule has 150 valence electrons. The first-order chi connectivity index (χ1) is 13.5. The number of hydrogen-bond acceptors (Lipinski definition) is 3. The van der Waals surface area contributed by atoms with Crippen molar-refractivity contribution in [3.63, 3.8) is 0 Å². The Morgan fingerprint density at radius 2 is 1.82 bits per heavy atom. The lowest BCUT2D eigenvalue weighted by atomic mass is 9.95. The SMILES string of the molecule is CN(C)CCn1ccc2cc(NC(=O)C3CCN(C(=O)C4CC4)CC3)ccc21. The van der Waals surface area contributed by atoms with Gasteiger partial charge in [0, 0.05) is 60.8 Å². The second-order valence-corrected chi connectivity index (χ2v) is 8.45. The molecule has 6 heteroatoms. The number of amides is 2. The molecule has 1 aromatic heterocycles. The number of carbonyl (C=O) groups excluding carboxylic acids is 2. The van der Waals surface area contributed by atoms with Gasteiger partial charge in [0.1, 0.15) is 0 Å². The van der Waals surface area contributed by atoms with Crippen molar-refractivity contribution in [1.82, 2.24) is 14.4 Å². The van der Waals surface area contributed by atoms with E-state index in [2.05, 4.69) is 47.2 Å². The number of nitrogens with one attached hydrogen (secondary N) is 1. The van der Waals surface area contributed by atoms with Gasteiger partial charge >= 0.3 is 0 Å². The van der Waals surface area contributed by atoms with Gasteiger partial charge in [0.15, 0.2) is 0 Å². The van der Waals surface area contributed by atoms with Crippen molar-refractivity contribution >= 4 is 28.4 Å². The lowest BCUT2D eigenvalue weighted by Crippen LogP contribution is -2.42. The number of carbonyl (C=O) groups is 2. The van der Waals surface area contributed by atoms with E-state index in [-0.39, 0.29) is 17.7 Å². The Morgan fingerprint density at radius 3 is 2.50 bits per heavy atom. The number of nitrogens with zero attached hydrogens (tertiary/aromatic N) is 3. The molecule has 0 unspecified atom stereocenters. The fourth-order valence-electron chi connectivity index (χ4n) is 3.98. The molecule has 1 saturated heterocycles. The predicted molar refractivity (Wildman–Crippen MR) is 111 cm³/mol. The van der Waals surface area contributed by atoms with Crippen molar-refractivity contribution in [1.29, 1.82) is 0 Å². The number of hydrogen-bond donors (Lipinski definition) is 1. The summed E-state index contributed by atoms with van der Waals surface area (Å²) in [5.41, 5.74) is 2.03. The topological polar surface area (TPSA) is 57.6 Å². The zero-order chi connectivity index (χ0) is 19.7. The average Bonchev–Trinajstić information content (AvgIpc) is 3.46. The van der Waals surface area contributed by atoms with Crippen molar-refractivity contribution in [2.24, 2.45) is 11.8 Å². The molecular weight excluding hydrogens is 352 g/mol. The third kappa shape index (κ3) is 4.22. The molecule has 0 bridgehead atoms. The third-order valence-electron chi connectivity index (χ3n) is 5.93. The van der Waals surface area contributed by atoms with Crippen molar-refractivity contribution in [2.45, 2.75) is 32.2 Å². The van der Waals surface area contributed by atoms with Crippen LogP contribution in [0.15, 0.2) is 30.5 Å². The Morgan fingerprint density at radius 1 is 1.07 bits per heavy atom. The molecule has 2 amide bonds. The van der Waals surface area contributed by atoms with E-state index in [0.717, 1.165) is 49.8 Å². The van der Waals surface area contributed by atoms with E-state index in [1.807, 2.05) is 17.0 Å². The van der Waals surface area contributed by atoms with Crippen LogP contribution >= 0.6 is 0 Å². The van der Waals surface area contributed by atoms with Crippen LogP contribution in [0.4, 0.5) is 5.69 Å². The summed E-state index contributed by atoms with van der Waals surface area (Å²) in [6.45, 7) is 3.35. The van der Waals surface area contributed by atoms with Crippen LogP contribution in [0.3, 0.4) is 0 Å². The predicted octanol–water partition coefficient (Wildman–Crippen LogP) is 2.79. The Balaban J connectivity index is 1.34. The van der Waals surface area contributed by atoms with Gasteiger partial charge in [-0.2, -0.15) is 0 Å². The maximum atomic E-state index is 12.7. The number of likely N-dealkylation sites (N-methyl/N-ethyl adjacent to an activating group) is 1. The molecule has 0 spiro atoms. The molecule has 1 saturated carbocycles. The van der Waals surface area contributed by atoms with Crippen molar-refractivity contribution in [3.8, 4) is 0 Å². The molecule has 2 aliphatic rings. The van der Waals surface area contributed by atoms with E-state index in [1.54, 1.807) is 0 Å². The molecule has 6 nitrogen and oxygen atoms in total. The molecule has 2 aromatic rings. The lowest BCUT2D eigenvalue weighted by Gasteiger charge is -2.31. The maximum Gasteiger partial charge on any atom is 0.227 e. The third-order valence-corrected chi connectivity index (χ3v) is 5.93. The molecule has 1 aliphatic heterocycles. The first-order valence-electron chi connectivity index (χ1n) is 10.3. The van der Waals surface area contributed by atoms with Crippen LogP contribution in [0, 0.1) is 11.8 Å². The standard InChI is InChI=1S/C22H30N4O2/c1-24(2)13-14-25-10-9-18-15-19(5-6-20(18)25)23-21(27)16-7-11-26(12-8-16)22(28)17-3-4-17/h5-6,9-10,15-17H,3-4,7-8,11-14H2,1-2H3,(H,23,27). The molecule has 2 fully saturated rings. The molecule has 1 aliphatic carbocycles. The summed E-state index contributed by atoms with van der Waals surface area (Å²) in [5, 5.41) is 4.22.